The topological polar surface area (TPSA) is 118 Å². The molecule has 0 aromatic rings. The summed E-state index contributed by atoms with van der Waals surface area (Å²) in [5.41, 5.74) is 1.49. The summed E-state index contributed by atoms with van der Waals surface area (Å²) in [5.74, 6) is -3.21. The van der Waals surface area contributed by atoms with Gasteiger partial charge in [0.25, 0.3) is 0 Å². The summed E-state index contributed by atoms with van der Waals surface area (Å²) in [4.78, 5) is 42.3. The van der Waals surface area contributed by atoms with E-state index in [1.165, 1.54) is 6.08 Å². The molecule has 0 spiro atoms. The summed E-state index contributed by atoms with van der Waals surface area (Å²) < 4.78 is 36.0. The number of nitrogens with zero attached hydrogens (tertiary/aromatic N) is 2. The number of hydrogen-bond donors (Lipinski definition) is 2. The lowest BCUT2D eigenvalue weighted by Gasteiger charge is -2.44. The fraction of sp³-hybridized carbons (Fsp3) is 0.545. The number of rotatable bonds is 5. The number of carboxylic acid groups (broad SMARTS) is 1. The molecule has 178 valence electrons. The van der Waals surface area contributed by atoms with Crippen molar-refractivity contribution >= 4 is 24.1 Å². The van der Waals surface area contributed by atoms with Crippen molar-refractivity contribution in [2.45, 2.75) is 64.1 Å². The minimum absolute atomic E-state index is 0.00198. The maximum absolute atomic E-state index is 13.4. The Morgan fingerprint density at radius 2 is 2.06 bits per heavy atom. The van der Waals surface area contributed by atoms with Crippen LogP contribution >= 0.6 is 0 Å². The van der Waals surface area contributed by atoms with Gasteiger partial charge in [-0.15, -0.1) is 8.78 Å². The number of likely N-dealkylation sites (tertiary alicyclic amines) is 1. The number of urea groups is 1. The summed E-state index contributed by atoms with van der Waals surface area (Å²) in [6.45, 7) is 5.20. The number of fused-ring (bicyclic) bond motifs is 1. The van der Waals surface area contributed by atoms with E-state index in [1.807, 2.05) is 6.92 Å². The molecule has 0 aromatic heterocycles. The Morgan fingerprint density at radius 1 is 1.33 bits per heavy atom. The standard InChI is InChI=1S/C22H25F2N3O6/c1-10-8-13(6-7-25-10)9-15-17(20(29)30)27(19(15)28)21(31)26-12(3)14-4-5-16-18(11(14)2)33-22(23,24)32-16/h4-7,10-12,15,17-18H,8-9H2,1-3H3,(H,26,31)(H,29,30)/t10?,11?,12-,15-,17+,18?/m1/s1. The molecular weight excluding hydrogens is 440 g/mol. The Balaban J connectivity index is 1.42. The summed E-state index contributed by atoms with van der Waals surface area (Å²) in [6, 6.07) is -2.74. The molecule has 0 radical (unpaired) electrons. The summed E-state index contributed by atoms with van der Waals surface area (Å²) in [7, 11) is 0. The zero-order chi connectivity index (χ0) is 24.1. The smallest absolute Gasteiger partial charge is 0.480 e. The minimum Gasteiger partial charge on any atom is -0.480 e. The van der Waals surface area contributed by atoms with Crippen molar-refractivity contribution in [2.75, 3.05) is 0 Å². The molecule has 3 unspecified atom stereocenters. The van der Waals surface area contributed by atoms with Crippen LogP contribution in [-0.2, 0) is 19.1 Å². The number of alkyl halides is 2. The molecule has 1 aliphatic carbocycles. The molecule has 6 atom stereocenters. The highest BCUT2D eigenvalue weighted by Crippen LogP contribution is 2.42. The number of carbonyl (C=O) groups is 3. The number of imide groups is 1. The van der Waals surface area contributed by atoms with Crippen LogP contribution in [0, 0.1) is 11.8 Å². The average Bonchev–Trinajstić information content (AvgIpc) is 3.04. The number of nitrogens with one attached hydrogen (secondary N) is 1. The number of hydrogen-bond acceptors (Lipinski definition) is 6. The molecule has 0 bridgehead atoms. The summed E-state index contributed by atoms with van der Waals surface area (Å²) in [6.07, 6.45) is 2.48. The summed E-state index contributed by atoms with van der Waals surface area (Å²) in [5, 5.41) is 12.3. The van der Waals surface area contributed by atoms with E-state index in [0.717, 1.165) is 5.57 Å². The highest BCUT2D eigenvalue weighted by Gasteiger charge is 2.55. The first-order valence-electron chi connectivity index (χ1n) is 10.7. The maximum Gasteiger partial charge on any atom is 0.535 e. The van der Waals surface area contributed by atoms with Crippen LogP contribution in [0.2, 0.25) is 0 Å². The van der Waals surface area contributed by atoms with Gasteiger partial charge in [-0.1, -0.05) is 18.6 Å². The molecule has 2 fully saturated rings. The lowest BCUT2D eigenvalue weighted by Crippen LogP contribution is -2.68. The van der Waals surface area contributed by atoms with E-state index in [1.54, 1.807) is 32.2 Å². The Hall–Kier alpha value is -3.08. The van der Waals surface area contributed by atoms with Gasteiger partial charge >= 0.3 is 18.3 Å². The molecule has 4 aliphatic rings. The molecular formula is C22H25F2N3O6. The quantitative estimate of drug-likeness (QED) is 0.603. The zero-order valence-corrected chi connectivity index (χ0v) is 18.3. The Kier molecular flexibility index (Phi) is 5.85. The predicted octanol–water partition coefficient (Wildman–Crippen LogP) is 2.60. The number of halogens is 2. The molecule has 0 saturated carbocycles. The molecule has 0 aromatic carbocycles. The first-order chi connectivity index (χ1) is 15.5. The number of aliphatic imine (C=N–C) groups is 1. The lowest BCUT2D eigenvalue weighted by molar-refractivity contribution is -0.343. The summed E-state index contributed by atoms with van der Waals surface area (Å²) >= 11 is 0. The van der Waals surface area contributed by atoms with E-state index in [-0.39, 0.29) is 18.2 Å². The minimum atomic E-state index is -3.72. The molecule has 9 nitrogen and oxygen atoms in total. The number of carboxylic acids is 1. The van der Waals surface area contributed by atoms with Gasteiger partial charge in [0.1, 0.15) is 11.9 Å². The van der Waals surface area contributed by atoms with Crippen molar-refractivity contribution in [3.05, 3.63) is 35.1 Å². The van der Waals surface area contributed by atoms with Gasteiger partial charge in [0.05, 0.1) is 12.0 Å². The number of ether oxygens (including phenoxy) is 2. The number of β-lactam (4-membered cyclic amide) rings is 1. The van der Waals surface area contributed by atoms with E-state index in [2.05, 4.69) is 19.8 Å². The van der Waals surface area contributed by atoms with Crippen LogP contribution in [0.1, 0.15) is 33.6 Å². The first-order valence-corrected chi connectivity index (χ1v) is 10.7. The van der Waals surface area contributed by atoms with Crippen molar-refractivity contribution in [1.82, 2.24) is 10.2 Å². The van der Waals surface area contributed by atoms with E-state index in [9.17, 15) is 28.3 Å². The molecule has 3 heterocycles. The van der Waals surface area contributed by atoms with Gasteiger partial charge in [-0.2, -0.15) is 0 Å². The lowest BCUT2D eigenvalue weighted by atomic mass is 9.80. The molecule has 2 saturated heterocycles. The number of aliphatic carboxylic acids is 1. The van der Waals surface area contributed by atoms with Gasteiger partial charge in [0.2, 0.25) is 5.91 Å². The Labute approximate surface area is 188 Å². The Morgan fingerprint density at radius 3 is 2.73 bits per heavy atom. The monoisotopic (exact) mass is 465 g/mol. The van der Waals surface area contributed by atoms with Crippen LogP contribution in [-0.4, -0.2) is 64.7 Å². The number of dihydropyridines is 1. The van der Waals surface area contributed by atoms with Crippen LogP contribution in [0.5, 0.6) is 0 Å². The molecule has 4 rings (SSSR count). The van der Waals surface area contributed by atoms with E-state index in [4.69, 9.17) is 0 Å². The number of amides is 3. The second-order valence-corrected chi connectivity index (χ2v) is 8.78. The molecule has 11 heteroatoms. The molecule has 3 aliphatic heterocycles. The number of carbonyl (C=O) groups excluding carboxylic acids is 2. The number of allylic oxidation sites excluding steroid dienone is 3. The van der Waals surface area contributed by atoms with Gasteiger partial charge in [-0.05, 0) is 44.4 Å². The van der Waals surface area contributed by atoms with Crippen molar-refractivity contribution in [2.24, 2.45) is 16.8 Å². The van der Waals surface area contributed by atoms with Gasteiger partial charge < -0.3 is 15.2 Å². The third kappa shape index (κ3) is 4.29. The van der Waals surface area contributed by atoms with Gasteiger partial charge in [-0.3, -0.25) is 14.5 Å². The van der Waals surface area contributed by atoms with E-state index in [0.29, 0.717) is 16.9 Å². The van der Waals surface area contributed by atoms with Crippen LogP contribution < -0.4 is 5.32 Å². The van der Waals surface area contributed by atoms with Crippen LogP contribution in [0.4, 0.5) is 13.6 Å². The SMILES string of the molecule is CC1CC(C[C@H]2C(=O)N(C(=O)N[C@H](C)C3=CC=C4OC(F)(F)OC4C3C)[C@@H]2C(=O)O)=CC=N1. The average molecular weight is 465 g/mol. The molecule has 3 amide bonds. The largest absolute Gasteiger partial charge is 0.535 e. The van der Waals surface area contributed by atoms with Gasteiger partial charge in [0, 0.05) is 18.2 Å². The van der Waals surface area contributed by atoms with Crippen molar-refractivity contribution < 1.29 is 37.7 Å². The van der Waals surface area contributed by atoms with Gasteiger partial charge in [0.15, 0.2) is 6.04 Å². The van der Waals surface area contributed by atoms with E-state index >= 15 is 0 Å². The second-order valence-electron chi connectivity index (χ2n) is 8.78. The third-order valence-electron chi connectivity index (χ3n) is 6.42. The van der Waals surface area contributed by atoms with Gasteiger partial charge in [-0.25, -0.2) is 14.5 Å². The fourth-order valence-electron chi connectivity index (χ4n) is 4.77. The van der Waals surface area contributed by atoms with Crippen LogP contribution in [0.3, 0.4) is 0 Å². The van der Waals surface area contributed by atoms with Crippen molar-refractivity contribution in [1.29, 1.82) is 0 Å². The van der Waals surface area contributed by atoms with Crippen molar-refractivity contribution in [3.63, 3.8) is 0 Å². The predicted molar refractivity (Wildman–Crippen MR) is 111 cm³/mol. The Bertz CT molecular complexity index is 1000. The highest BCUT2D eigenvalue weighted by atomic mass is 19.3. The fourth-order valence-corrected chi connectivity index (χ4v) is 4.77. The third-order valence-corrected chi connectivity index (χ3v) is 6.42. The molecule has 2 N–H and O–H groups in total. The van der Waals surface area contributed by atoms with Crippen LogP contribution in [0.25, 0.3) is 0 Å². The van der Waals surface area contributed by atoms with Crippen molar-refractivity contribution in [3.8, 4) is 0 Å². The first kappa shape index (κ1) is 23.1. The highest BCUT2D eigenvalue weighted by molar-refractivity contribution is 6.07. The molecule has 33 heavy (non-hydrogen) atoms. The maximum atomic E-state index is 13.4. The van der Waals surface area contributed by atoms with Crippen LogP contribution in [0.15, 0.2) is 40.1 Å². The second kappa shape index (κ2) is 8.36. The van der Waals surface area contributed by atoms with E-state index < -0.39 is 54.2 Å². The normalized spacial score (nSPS) is 33.1. The zero-order valence-electron chi connectivity index (χ0n) is 18.3.